The molecule has 2 aromatic carbocycles. The first-order valence-electron chi connectivity index (χ1n) is 10.2. The number of nitrogens with zero attached hydrogens (tertiary/aromatic N) is 4. The summed E-state index contributed by atoms with van der Waals surface area (Å²) in [6.45, 7) is 2.56. The predicted octanol–water partition coefficient (Wildman–Crippen LogP) is 3.44. The fourth-order valence-corrected chi connectivity index (χ4v) is 3.73. The zero-order chi connectivity index (χ0) is 20.8. The lowest BCUT2D eigenvalue weighted by molar-refractivity contribution is 0.415. The minimum absolute atomic E-state index is 0. The number of aliphatic imine (C=N–C) groups is 1. The first-order chi connectivity index (χ1) is 14.8. The molecule has 1 saturated heterocycles. The largest absolute Gasteiger partial charge is 0.495 e. The molecular formula is C23H29IN6O. The second kappa shape index (κ2) is 11.0. The average Bonchev–Trinajstić information content (AvgIpc) is 3.47. The molecular weight excluding hydrogens is 503 g/mol. The topological polar surface area (TPSA) is 66.7 Å². The van der Waals surface area contributed by atoms with Crippen LogP contribution in [0.25, 0.3) is 5.69 Å². The lowest BCUT2D eigenvalue weighted by atomic mass is 10.2. The van der Waals surface area contributed by atoms with Gasteiger partial charge in [0.05, 0.1) is 24.7 Å². The van der Waals surface area contributed by atoms with E-state index >= 15 is 0 Å². The van der Waals surface area contributed by atoms with Crippen molar-refractivity contribution in [2.75, 3.05) is 32.1 Å². The normalized spacial score (nSPS) is 16.0. The molecule has 4 rings (SSSR count). The summed E-state index contributed by atoms with van der Waals surface area (Å²) < 4.78 is 7.39. The first-order valence-corrected chi connectivity index (χ1v) is 10.2. The molecule has 2 N–H and O–H groups in total. The summed E-state index contributed by atoms with van der Waals surface area (Å²) in [7, 11) is 3.52. The van der Waals surface area contributed by atoms with Gasteiger partial charge in [0.15, 0.2) is 5.96 Å². The van der Waals surface area contributed by atoms with E-state index in [9.17, 15) is 0 Å². The van der Waals surface area contributed by atoms with Crippen molar-refractivity contribution < 1.29 is 4.74 Å². The predicted molar refractivity (Wildman–Crippen MR) is 136 cm³/mol. The number of rotatable bonds is 6. The van der Waals surface area contributed by atoms with Crippen molar-refractivity contribution in [3.63, 3.8) is 0 Å². The fraction of sp³-hybridized carbons (Fsp3) is 0.304. The van der Waals surface area contributed by atoms with Gasteiger partial charge in [-0.2, -0.15) is 5.10 Å². The second-order valence-corrected chi connectivity index (χ2v) is 7.30. The Kier molecular flexibility index (Phi) is 8.16. The van der Waals surface area contributed by atoms with Crippen LogP contribution in [0.4, 0.5) is 5.69 Å². The minimum atomic E-state index is 0. The van der Waals surface area contributed by atoms with Crippen LogP contribution in [0.5, 0.6) is 5.75 Å². The van der Waals surface area contributed by atoms with Crippen LogP contribution >= 0.6 is 24.0 Å². The number of nitrogens with one attached hydrogen (secondary N) is 2. The molecule has 2 heterocycles. The number of methoxy groups -OCH3 is 1. The third kappa shape index (κ3) is 5.69. The van der Waals surface area contributed by atoms with Gasteiger partial charge < -0.3 is 20.3 Å². The SMILES string of the molecule is CN=C(NCc1cnn(-c2ccccc2)c1)NC1CCN(c2ccccc2OC)C1.I. The van der Waals surface area contributed by atoms with Crippen molar-refractivity contribution in [2.45, 2.75) is 19.0 Å². The van der Waals surface area contributed by atoms with Gasteiger partial charge in [-0.1, -0.05) is 30.3 Å². The molecule has 1 aromatic heterocycles. The van der Waals surface area contributed by atoms with Crippen LogP contribution in [0.15, 0.2) is 72.0 Å². The van der Waals surface area contributed by atoms with E-state index < -0.39 is 0 Å². The Hall–Kier alpha value is -2.75. The second-order valence-electron chi connectivity index (χ2n) is 7.30. The van der Waals surface area contributed by atoms with Gasteiger partial charge in [0, 0.05) is 44.5 Å². The van der Waals surface area contributed by atoms with Gasteiger partial charge in [0.2, 0.25) is 0 Å². The number of ether oxygens (including phenoxy) is 1. The van der Waals surface area contributed by atoms with Gasteiger partial charge in [0.1, 0.15) is 5.75 Å². The van der Waals surface area contributed by atoms with E-state index in [0.717, 1.165) is 48.2 Å². The third-order valence-electron chi connectivity index (χ3n) is 5.30. The summed E-state index contributed by atoms with van der Waals surface area (Å²) >= 11 is 0. The van der Waals surface area contributed by atoms with Gasteiger partial charge in [0.25, 0.3) is 0 Å². The van der Waals surface area contributed by atoms with Crippen LogP contribution in [-0.2, 0) is 6.54 Å². The smallest absolute Gasteiger partial charge is 0.191 e. The van der Waals surface area contributed by atoms with E-state index in [2.05, 4.69) is 37.8 Å². The molecule has 0 saturated carbocycles. The molecule has 1 atom stereocenters. The number of para-hydroxylation sites is 3. The first kappa shape index (κ1) is 22.9. The summed E-state index contributed by atoms with van der Waals surface area (Å²) in [5, 5.41) is 11.4. The standard InChI is InChI=1S/C23H28N6O.HI/c1-24-23(25-14-18-15-26-29(16-18)20-8-4-3-5-9-20)27-19-12-13-28(17-19)21-10-6-7-11-22(21)30-2;/h3-11,15-16,19H,12-14,17H2,1-2H3,(H2,24,25,27);1H. The number of halogens is 1. The number of benzene rings is 2. The number of hydrogen-bond donors (Lipinski definition) is 2. The van der Waals surface area contributed by atoms with E-state index in [1.165, 1.54) is 0 Å². The molecule has 1 unspecified atom stereocenters. The third-order valence-corrected chi connectivity index (χ3v) is 5.30. The molecule has 0 spiro atoms. The van der Waals surface area contributed by atoms with E-state index in [1.54, 1.807) is 14.2 Å². The van der Waals surface area contributed by atoms with Gasteiger partial charge in [-0.3, -0.25) is 4.99 Å². The molecule has 1 aliphatic rings. The fourth-order valence-electron chi connectivity index (χ4n) is 3.73. The Balaban J connectivity index is 0.00000272. The van der Waals surface area contributed by atoms with Crippen LogP contribution in [0, 0.1) is 0 Å². The molecule has 0 bridgehead atoms. The molecule has 31 heavy (non-hydrogen) atoms. The van der Waals surface area contributed by atoms with Crippen molar-refractivity contribution in [1.29, 1.82) is 0 Å². The van der Waals surface area contributed by atoms with Crippen LogP contribution in [0.2, 0.25) is 0 Å². The van der Waals surface area contributed by atoms with Crippen molar-refractivity contribution in [2.24, 2.45) is 4.99 Å². The minimum Gasteiger partial charge on any atom is -0.495 e. The zero-order valence-corrected chi connectivity index (χ0v) is 20.2. The van der Waals surface area contributed by atoms with Crippen molar-refractivity contribution in [3.05, 3.63) is 72.6 Å². The molecule has 0 radical (unpaired) electrons. The van der Waals surface area contributed by atoms with E-state index in [4.69, 9.17) is 4.74 Å². The highest BCUT2D eigenvalue weighted by molar-refractivity contribution is 14.0. The summed E-state index contributed by atoms with van der Waals surface area (Å²) in [4.78, 5) is 6.74. The number of aromatic nitrogens is 2. The van der Waals surface area contributed by atoms with Crippen molar-refractivity contribution >= 4 is 35.6 Å². The van der Waals surface area contributed by atoms with Gasteiger partial charge in [-0.15, -0.1) is 24.0 Å². The number of anilines is 1. The van der Waals surface area contributed by atoms with E-state index in [-0.39, 0.29) is 24.0 Å². The molecule has 8 heteroatoms. The number of guanidine groups is 1. The van der Waals surface area contributed by atoms with Crippen molar-refractivity contribution in [3.8, 4) is 11.4 Å². The lowest BCUT2D eigenvalue weighted by Gasteiger charge is -2.22. The summed E-state index contributed by atoms with van der Waals surface area (Å²) in [5.41, 5.74) is 3.29. The Morgan fingerprint density at radius 1 is 1.16 bits per heavy atom. The highest BCUT2D eigenvalue weighted by atomic mass is 127. The van der Waals surface area contributed by atoms with Gasteiger partial charge >= 0.3 is 0 Å². The molecule has 1 aliphatic heterocycles. The Morgan fingerprint density at radius 2 is 1.94 bits per heavy atom. The highest BCUT2D eigenvalue weighted by Crippen LogP contribution is 2.30. The van der Waals surface area contributed by atoms with Crippen LogP contribution < -0.4 is 20.3 Å². The van der Waals surface area contributed by atoms with Crippen LogP contribution in [0.3, 0.4) is 0 Å². The molecule has 3 aromatic rings. The summed E-state index contributed by atoms with van der Waals surface area (Å²) in [5.74, 6) is 1.71. The Labute approximate surface area is 200 Å². The lowest BCUT2D eigenvalue weighted by Crippen LogP contribution is -2.44. The highest BCUT2D eigenvalue weighted by Gasteiger charge is 2.25. The molecule has 0 aliphatic carbocycles. The van der Waals surface area contributed by atoms with Crippen LogP contribution in [-0.4, -0.2) is 49.0 Å². The number of hydrogen-bond acceptors (Lipinski definition) is 4. The van der Waals surface area contributed by atoms with Gasteiger partial charge in [-0.05, 0) is 30.7 Å². The Morgan fingerprint density at radius 3 is 2.71 bits per heavy atom. The molecule has 7 nitrogen and oxygen atoms in total. The molecule has 0 amide bonds. The van der Waals surface area contributed by atoms with Crippen LogP contribution in [0.1, 0.15) is 12.0 Å². The van der Waals surface area contributed by atoms with E-state index in [1.807, 2.05) is 59.5 Å². The van der Waals surface area contributed by atoms with Crippen molar-refractivity contribution in [1.82, 2.24) is 20.4 Å². The zero-order valence-electron chi connectivity index (χ0n) is 17.9. The summed E-state index contributed by atoms with van der Waals surface area (Å²) in [6.07, 6.45) is 4.96. The van der Waals surface area contributed by atoms with Gasteiger partial charge in [-0.25, -0.2) is 4.68 Å². The molecule has 164 valence electrons. The van der Waals surface area contributed by atoms with E-state index in [0.29, 0.717) is 12.6 Å². The maximum Gasteiger partial charge on any atom is 0.191 e. The maximum absolute atomic E-state index is 5.51. The Bertz CT molecular complexity index is 990. The maximum atomic E-state index is 5.51. The average molecular weight is 532 g/mol. The quantitative estimate of drug-likeness (QED) is 0.289. The summed E-state index contributed by atoms with van der Waals surface area (Å²) in [6, 6.07) is 18.6. The molecule has 1 fully saturated rings. The monoisotopic (exact) mass is 532 g/mol.